The topological polar surface area (TPSA) is 50.2 Å². The minimum Gasteiger partial charge on any atom is -0.288 e. The molecule has 9 heteroatoms. The summed E-state index contributed by atoms with van der Waals surface area (Å²) in [5.41, 5.74) is 1.63. The standard InChI is InChI=1S/C29H16F5N3O/c30-20-11-13-21(23(31)15-20)25-26(17-4-2-1-3-5-17)36-37-27(25)35-24-14-18(8-12-22(24)28(37)38)16-6-9-19(10-7-16)29(32,33)34/h1-15,36H. The van der Waals surface area contributed by atoms with Crippen LogP contribution in [0.2, 0.25) is 0 Å². The fraction of sp³-hybridized carbons (Fsp3) is 0.0345. The van der Waals surface area contributed by atoms with Crippen LogP contribution in [0.15, 0.2) is 95.8 Å². The van der Waals surface area contributed by atoms with Crippen LogP contribution in [0.25, 0.3) is 50.1 Å². The number of rotatable bonds is 3. The third kappa shape index (κ3) is 3.92. The van der Waals surface area contributed by atoms with Gasteiger partial charge in [0.1, 0.15) is 11.6 Å². The summed E-state index contributed by atoms with van der Waals surface area (Å²) in [7, 11) is 0. The number of nitrogens with one attached hydrogen (secondary N) is 1. The fourth-order valence-corrected chi connectivity index (χ4v) is 4.53. The minimum atomic E-state index is -4.46. The number of aromatic amines is 1. The van der Waals surface area contributed by atoms with Crippen molar-refractivity contribution in [1.29, 1.82) is 0 Å². The van der Waals surface area contributed by atoms with E-state index in [0.717, 1.165) is 24.3 Å². The Morgan fingerprint density at radius 1 is 0.763 bits per heavy atom. The van der Waals surface area contributed by atoms with Crippen LogP contribution >= 0.6 is 0 Å². The second kappa shape index (κ2) is 8.65. The molecule has 1 N–H and O–H groups in total. The van der Waals surface area contributed by atoms with Gasteiger partial charge in [-0.15, -0.1) is 0 Å². The van der Waals surface area contributed by atoms with Gasteiger partial charge < -0.3 is 0 Å². The van der Waals surface area contributed by atoms with E-state index >= 15 is 4.39 Å². The monoisotopic (exact) mass is 517 g/mol. The molecule has 6 aromatic rings. The van der Waals surface area contributed by atoms with E-state index in [4.69, 9.17) is 0 Å². The normalized spacial score (nSPS) is 11.9. The quantitative estimate of drug-likeness (QED) is 0.248. The molecule has 38 heavy (non-hydrogen) atoms. The molecule has 188 valence electrons. The molecule has 0 atom stereocenters. The first-order valence-electron chi connectivity index (χ1n) is 11.5. The van der Waals surface area contributed by atoms with Crippen molar-refractivity contribution in [2.75, 3.05) is 0 Å². The lowest BCUT2D eigenvalue weighted by Gasteiger charge is -2.09. The van der Waals surface area contributed by atoms with Crippen LogP contribution in [-0.4, -0.2) is 14.6 Å². The van der Waals surface area contributed by atoms with Gasteiger partial charge in [-0.2, -0.15) is 17.7 Å². The van der Waals surface area contributed by atoms with E-state index in [2.05, 4.69) is 10.1 Å². The summed E-state index contributed by atoms with van der Waals surface area (Å²) >= 11 is 0. The Kier molecular flexibility index (Phi) is 5.37. The zero-order valence-electron chi connectivity index (χ0n) is 19.4. The predicted octanol–water partition coefficient (Wildman–Crippen LogP) is 7.47. The first-order chi connectivity index (χ1) is 18.2. The van der Waals surface area contributed by atoms with Crippen LogP contribution < -0.4 is 5.56 Å². The largest absolute Gasteiger partial charge is 0.416 e. The zero-order valence-corrected chi connectivity index (χ0v) is 19.4. The Labute approximate surface area is 211 Å². The average molecular weight is 517 g/mol. The molecule has 0 unspecified atom stereocenters. The SMILES string of the molecule is O=c1c2ccc(-c3ccc(C(F)(F)F)cc3)cc2nc2c(-c3ccc(F)cc3F)c(-c3ccccc3)[nH]n12. The van der Waals surface area contributed by atoms with Crippen LogP contribution in [0.1, 0.15) is 5.56 Å². The molecular weight excluding hydrogens is 501 g/mol. The van der Waals surface area contributed by atoms with Gasteiger partial charge in [0.15, 0.2) is 5.65 Å². The third-order valence-electron chi connectivity index (χ3n) is 6.38. The van der Waals surface area contributed by atoms with Gasteiger partial charge in [0.05, 0.1) is 27.7 Å². The Morgan fingerprint density at radius 3 is 2.16 bits per heavy atom. The number of aromatic nitrogens is 3. The van der Waals surface area contributed by atoms with Crippen molar-refractivity contribution in [1.82, 2.24) is 14.6 Å². The van der Waals surface area contributed by atoms with Crippen molar-refractivity contribution < 1.29 is 22.0 Å². The number of halogens is 5. The highest BCUT2D eigenvalue weighted by molar-refractivity contribution is 5.94. The molecule has 2 heterocycles. The summed E-state index contributed by atoms with van der Waals surface area (Å²) in [4.78, 5) is 18.1. The first kappa shape index (κ1) is 23.6. The molecule has 0 spiro atoms. The highest BCUT2D eigenvalue weighted by Crippen LogP contribution is 2.36. The molecule has 0 fully saturated rings. The van der Waals surface area contributed by atoms with Crippen LogP contribution in [0.4, 0.5) is 22.0 Å². The number of hydrogen-bond donors (Lipinski definition) is 1. The summed E-state index contributed by atoms with van der Waals surface area (Å²) in [6.07, 6.45) is -4.46. The van der Waals surface area contributed by atoms with E-state index in [1.807, 2.05) is 6.07 Å². The second-order valence-electron chi connectivity index (χ2n) is 8.74. The number of alkyl halides is 3. The minimum absolute atomic E-state index is 0.0501. The van der Waals surface area contributed by atoms with Gasteiger partial charge in [-0.05, 0) is 47.5 Å². The lowest BCUT2D eigenvalue weighted by molar-refractivity contribution is -0.137. The predicted molar refractivity (Wildman–Crippen MR) is 135 cm³/mol. The molecule has 2 aromatic heterocycles. The lowest BCUT2D eigenvalue weighted by atomic mass is 10.00. The molecule has 0 amide bonds. The van der Waals surface area contributed by atoms with E-state index in [1.54, 1.807) is 42.5 Å². The van der Waals surface area contributed by atoms with Crippen molar-refractivity contribution in [3.63, 3.8) is 0 Å². The average Bonchev–Trinajstić information content (AvgIpc) is 3.28. The Hall–Kier alpha value is -4.79. The van der Waals surface area contributed by atoms with Crippen LogP contribution in [-0.2, 0) is 6.18 Å². The highest BCUT2D eigenvalue weighted by Gasteiger charge is 2.30. The van der Waals surface area contributed by atoms with Gasteiger partial charge in [-0.1, -0.05) is 48.5 Å². The number of nitrogens with zero attached hydrogens (tertiary/aromatic N) is 2. The molecule has 0 saturated heterocycles. The number of benzene rings is 4. The van der Waals surface area contributed by atoms with Crippen LogP contribution in [0.5, 0.6) is 0 Å². The molecule has 0 saturated carbocycles. The molecule has 0 aliphatic heterocycles. The number of fused-ring (bicyclic) bond motifs is 2. The fourth-order valence-electron chi connectivity index (χ4n) is 4.53. The summed E-state index contributed by atoms with van der Waals surface area (Å²) in [6, 6.07) is 21.5. The maximum atomic E-state index is 15.0. The van der Waals surface area contributed by atoms with Gasteiger partial charge in [-0.3, -0.25) is 9.89 Å². The maximum Gasteiger partial charge on any atom is 0.416 e. The molecule has 0 radical (unpaired) electrons. The summed E-state index contributed by atoms with van der Waals surface area (Å²) < 4.78 is 68.9. The highest BCUT2D eigenvalue weighted by atomic mass is 19.4. The third-order valence-corrected chi connectivity index (χ3v) is 6.38. The second-order valence-corrected chi connectivity index (χ2v) is 8.74. The van der Waals surface area contributed by atoms with E-state index < -0.39 is 28.9 Å². The van der Waals surface area contributed by atoms with E-state index in [1.165, 1.54) is 22.7 Å². The zero-order chi connectivity index (χ0) is 26.6. The van der Waals surface area contributed by atoms with Gasteiger partial charge >= 0.3 is 6.18 Å². The summed E-state index contributed by atoms with van der Waals surface area (Å²) in [5, 5.41) is 3.28. The van der Waals surface area contributed by atoms with Crippen molar-refractivity contribution in [2.45, 2.75) is 6.18 Å². The van der Waals surface area contributed by atoms with E-state index in [0.29, 0.717) is 22.4 Å². The van der Waals surface area contributed by atoms with Crippen molar-refractivity contribution in [3.8, 4) is 33.5 Å². The van der Waals surface area contributed by atoms with Crippen molar-refractivity contribution in [2.24, 2.45) is 0 Å². The lowest BCUT2D eigenvalue weighted by Crippen LogP contribution is -2.15. The van der Waals surface area contributed by atoms with E-state index in [9.17, 15) is 22.4 Å². The smallest absolute Gasteiger partial charge is 0.288 e. The Morgan fingerprint density at radius 2 is 1.47 bits per heavy atom. The molecular formula is C29H16F5N3O. The Balaban J connectivity index is 1.61. The molecule has 0 bridgehead atoms. The van der Waals surface area contributed by atoms with Crippen molar-refractivity contribution in [3.05, 3.63) is 119 Å². The molecule has 4 aromatic carbocycles. The van der Waals surface area contributed by atoms with Gasteiger partial charge in [0, 0.05) is 17.2 Å². The van der Waals surface area contributed by atoms with Crippen LogP contribution in [0, 0.1) is 11.6 Å². The number of hydrogen-bond acceptors (Lipinski definition) is 2. The van der Waals surface area contributed by atoms with Crippen LogP contribution in [0.3, 0.4) is 0 Å². The maximum absolute atomic E-state index is 15.0. The molecule has 6 rings (SSSR count). The first-order valence-corrected chi connectivity index (χ1v) is 11.5. The summed E-state index contributed by atoms with van der Waals surface area (Å²) in [5.74, 6) is -1.57. The molecule has 0 aliphatic carbocycles. The van der Waals surface area contributed by atoms with Gasteiger partial charge in [0.2, 0.25) is 0 Å². The molecule has 0 aliphatic rings. The molecule has 4 nitrogen and oxygen atoms in total. The summed E-state index contributed by atoms with van der Waals surface area (Å²) in [6.45, 7) is 0. The van der Waals surface area contributed by atoms with E-state index in [-0.39, 0.29) is 27.7 Å². The van der Waals surface area contributed by atoms with Gasteiger partial charge in [0.25, 0.3) is 5.56 Å². The van der Waals surface area contributed by atoms with Gasteiger partial charge in [-0.25, -0.2) is 13.8 Å². The Bertz CT molecular complexity index is 1890. The van der Waals surface area contributed by atoms with Crippen molar-refractivity contribution >= 4 is 16.6 Å². The number of H-pyrrole nitrogens is 1.